The Morgan fingerprint density at radius 1 is 1.55 bits per heavy atom. The number of halogens is 1. The van der Waals surface area contributed by atoms with Crippen molar-refractivity contribution in [2.24, 2.45) is 0 Å². The third-order valence-corrected chi connectivity index (χ3v) is 1.20. The zero-order chi connectivity index (χ0) is 8.85. The minimum absolute atomic E-state index is 0.347. The molecule has 2 heteroatoms. The number of hydrogen-bond donors (Lipinski definition) is 0. The molecular formula is C9H13FO. The van der Waals surface area contributed by atoms with E-state index in [1.807, 2.05) is 0 Å². The fourth-order valence-electron chi connectivity index (χ4n) is 0.508. The normalized spacial score (nSPS) is 13.1. The standard InChI is InChI=1S/C9H13FO/c1-5-8(11-4)6-9(10)7(2)3/h5-6H,2H2,1,3-4H3. The van der Waals surface area contributed by atoms with Crippen molar-refractivity contribution in [3.63, 3.8) is 0 Å². The summed E-state index contributed by atoms with van der Waals surface area (Å²) in [7, 11) is 1.50. The Kier molecular flexibility index (Phi) is 4.27. The van der Waals surface area contributed by atoms with Crippen molar-refractivity contribution < 1.29 is 9.13 Å². The summed E-state index contributed by atoms with van der Waals surface area (Å²) >= 11 is 0. The topological polar surface area (TPSA) is 9.23 Å². The van der Waals surface area contributed by atoms with Gasteiger partial charge in [0.05, 0.1) is 7.11 Å². The summed E-state index contributed by atoms with van der Waals surface area (Å²) in [5.41, 5.74) is 0.404. The van der Waals surface area contributed by atoms with Crippen LogP contribution in [0.2, 0.25) is 0 Å². The highest BCUT2D eigenvalue weighted by Gasteiger charge is 1.96. The molecule has 0 aliphatic rings. The van der Waals surface area contributed by atoms with Crippen LogP contribution >= 0.6 is 0 Å². The summed E-state index contributed by atoms with van der Waals surface area (Å²) in [6, 6.07) is 0. The first-order chi connectivity index (χ1) is 5.11. The van der Waals surface area contributed by atoms with Gasteiger partial charge < -0.3 is 4.74 Å². The Morgan fingerprint density at radius 3 is 2.36 bits per heavy atom. The highest BCUT2D eigenvalue weighted by atomic mass is 19.1. The van der Waals surface area contributed by atoms with Crippen LogP contribution in [-0.2, 0) is 4.74 Å². The highest BCUT2D eigenvalue weighted by Crippen LogP contribution is 2.11. The number of rotatable bonds is 3. The Hall–Kier alpha value is -1.05. The fourth-order valence-corrected chi connectivity index (χ4v) is 0.508. The van der Waals surface area contributed by atoms with Gasteiger partial charge in [-0.25, -0.2) is 4.39 Å². The zero-order valence-corrected chi connectivity index (χ0v) is 7.15. The molecule has 0 unspecified atom stereocenters. The molecule has 0 atom stereocenters. The summed E-state index contributed by atoms with van der Waals surface area (Å²) in [6.45, 7) is 6.84. The number of ether oxygens (including phenoxy) is 1. The van der Waals surface area contributed by atoms with E-state index in [1.54, 1.807) is 19.9 Å². The molecule has 0 aliphatic carbocycles. The molecule has 0 bridgehead atoms. The average molecular weight is 156 g/mol. The van der Waals surface area contributed by atoms with Crippen LogP contribution in [0, 0.1) is 0 Å². The SMILES string of the molecule is C=C(C)C(F)=CC(=CC)OC. The minimum atomic E-state index is -0.347. The zero-order valence-electron chi connectivity index (χ0n) is 7.15. The number of methoxy groups -OCH3 is 1. The van der Waals surface area contributed by atoms with Crippen LogP contribution in [0.25, 0.3) is 0 Å². The largest absolute Gasteiger partial charge is 0.497 e. The third kappa shape index (κ3) is 3.61. The average Bonchev–Trinajstić information content (AvgIpc) is 1.99. The Labute approximate surface area is 66.9 Å². The lowest BCUT2D eigenvalue weighted by molar-refractivity contribution is 0.304. The molecule has 0 saturated carbocycles. The predicted molar refractivity (Wildman–Crippen MR) is 44.8 cm³/mol. The summed E-state index contributed by atoms with van der Waals surface area (Å²) in [4.78, 5) is 0. The third-order valence-electron chi connectivity index (χ3n) is 1.20. The van der Waals surface area contributed by atoms with Crippen molar-refractivity contribution in [2.45, 2.75) is 13.8 Å². The molecule has 11 heavy (non-hydrogen) atoms. The predicted octanol–water partition coefficient (Wildman–Crippen LogP) is 2.97. The molecule has 0 aromatic heterocycles. The van der Waals surface area contributed by atoms with Gasteiger partial charge in [-0.15, -0.1) is 0 Å². The van der Waals surface area contributed by atoms with Gasteiger partial charge in [0.1, 0.15) is 11.6 Å². The smallest absolute Gasteiger partial charge is 0.129 e. The molecule has 0 aromatic carbocycles. The van der Waals surface area contributed by atoms with Crippen LogP contribution < -0.4 is 0 Å². The van der Waals surface area contributed by atoms with Crippen LogP contribution in [0.4, 0.5) is 4.39 Å². The van der Waals surface area contributed by atoms with Crippen LogP contribution in [0.5, 0.6) is 0 Å². The highest BCUT2D eigenvalue weighted by molar-refractivity contribution is 5.26. The van der Waals surface area contributed by atoms with Crippen molar-refractivity contribution >= 4 is 0 Å². The van der Waals surface area contributed by atoms with Gasteiger partial charge in [-0.3, -0.25) is 0 Å². The van der Waals surface area contributed by atoms with E-state index in [4.69, 9.17) is 4.74 Å². The molecule has 0 aromatic rings. The molecular weight excluding hydrogens is 143 g/mol. The summed E-state index contributed by atoms with van der Waals surface area (Å²) in [5.74, 6) is 0.158. The van der Waals surface area contributed by atoms with Crippen molar-refractivity contribution in [2.75, 3.05) is 7.11 Å². The van der Waals surface area contributed by atoms with Gasteiger partial charge >= 0.3 is 0 Å². The number of hydrogen-bond acceptors (Lipinski definition) is 1. The molecule has 0 rings (SSSR count). The van der Waals surface area contributed by atoms with E-state index in [0.29, 0.717) is 11.3 Å². The van der Waals surface area contributed by atoms with Crippen molar-refractivity contribution in [1.29, 1.82) is 0 Å². The van der Waals surface area contributed by atoms with E-state index in [1.165, 1.54) is 13.2 Å². The second kappa shape index (κ2) is 4.72. The van der Waals surface area contributed by atoms with Crippen molar-refractivity contribution in [1.82, 2.24) is 0 Å². The van der Waals surface area contributed by atoms with E-state index < -0.39 is 0 Å². The maximum atomic E-state index is 12.8. The first-order valence-corrected chi connectivity index (χ1v) is 3.35. The van der Waals surface area contributed by atoms with Gasteiger partial charge in [-0.2, -0.15) is 0 Å². The lowest BCUT2D eigenvalue weighted by Crippen LogP contribution is -1.83. The molecule has 0 N–H and O–H groups in total. The monoisotopic (exact) mass is 156 g/mol. The van der Waals surface area contributed by atoms with E-state index in [2.05, 4.69) is 6.58 Å². The molecule has 0 heterocycles. The van der Waals surface area contributed by atoms with Crippen LogP contribution in [-0.4, -0.2) is 7.11 Å². The second-order valence-corrected chi connectivity index (χ2v) is 2.17. The maximum Gasteiger partial charge on any atom is 0.129 e. The van der Waals surface area contributed by atoms with Crippen molar-refractivity contribution in [3.8, 4) is 0 Å². The Bertz CT molecular complexity index is 202. The maximum absolute atomic E-state index is 12.8. The van der Waals surface area contributed by atoms with Gasteiger partial charge in [0.15, 0.2) is 0 Å². The first kappa shape index (κ1) is 9.95. The summed E-state index contributed by atoms with van der Waals surface area (Å²) in [6.07, 6.45) is 2.99. The van der Waals surface area contributed by atoms with Crippen LogP contribution in [0.1, 0.15) is 13.8 Å². The van der Waals surface area contributed by atoms with Gasteiger partial charge in [-0.05, 0) is 25.5 Å². The lowest BCUT2D eigenvalue weighted by Gasteiger charge is -1.99. The van der Waals surface area contributed by atoms with Gasteiger partial charge in [-0.1, -0.05) is 6.58 Å². The molecule has 62 valence electrons. The quantitative estimate of drug-likeness (QED) is 0.451. The van der Waals surface area contributed by atoms with Crippen molar-refractivity contribution in [3.05, 3.63) is 35.9 Å². The molecule has 0 fully saturated rings. The van der Waals surface area contributed by atoms with Gasteiger partial charge in [0.25, 0.3) is 0 Å². The van der Waals surface area contributed by atoms with E-state index >= 15 is 0 Å². The molecule has 0 amide bonds. The van der Waals surface area contributed by atoms with Gasteiger partial charge in [0.2, 0.25) is 0 Å². The molecule has 0 radical (unpaired) electrons. The molecule has 1 nitrogen and oxygen atoms in total. The van der Waals surface area contributed by atoms with E-state index in [-0.39, 0.29) is 5.83 Å². The minimum Gasteiger partial charge on any atom is -0.497 e. The molecule has 0 spiro atoms. The lowest BCUT2D eigenvalue weighted by atomic mass is 10.2. The first-order valence-electron chi connectivity index (χ1n) is 3.35. The summed E-state index contributed by atoms with van der Waals surface area (Å²) < 4.78 is 17.6. The van der Waals surface area contributed by atoms with Crippen LogP contribution in [0.15, 0.2) is 35.9 Å². The van der Waals surface area contributed by atoms with E-state index in [0.717, 1.165) is 0 Å². The second-order valence-electron chi connectivity index (χ2n) is 2.17. The van der Waals surface area contributed by atoms with Gasteiger partial charge in [0, 0.05) is 6.08 Å². The Balaban J connectivity index is 4.40. The number of allylic oxidation sites excluding steroid dienone is 4. The fraction of sp³-hybridized carbons (Fsp3) is 0.333. The molecule has 0 saturated heterocycles. The van der Waals surface area contributed by atoms with E-state index in [9.17, 15) is 4.39 Å². The molecule has 0 aliphatic heterocycles. The Morgan fingerprint density at radius 2 is 2.09 bits per heavy atom. The summed E-state index contributed by atoms with van der Waals surface area (Å²) in [5, 5.41) is 0. The van der Waals surface area contributed by atoms with Crippen LogP contribution in [0.3, 0.4) is 0 Å².